The van der Waals surface area contributed by atoms with Crippen molar-refractivity contribution in [3.05, 3.63) is 29.8 Å². The van der Waals surface area contributed by atoms with E-state index >= 15 is 0 Å². The maximum atomic E-state index is 4.73. The summed E-state index contributed by atoms with van der Waals surface area (Å²) in [6.07, 6.45) is 0. The van der Waals surface area contributed by atoms with Gasteiger partial charge in [0, 0.05) is 47.3 Å². The Morgan fingerprint density at radius 1 is 0.840 bits per heavy atom. The lowest BCUT2D eigenvalue weighted by Crippen LogP contribution is -2.45. The summed E-state index contributed by atoms with van der Waals surface area (Å²) in [5.74, 6) is 2.20. The number of rotatable bonds is 10. The Morgan fingerprint density at radius 2 is 1.28 bits per heavy atom. The fraction of sp³-hybridized carbons (Fsp3) is 0.632. The zero-order chi connectivity index (χ0) is 19.0. The molecule has 0 aromatic heterocycles. The molecule has 0 fully saturated rings. The second-order valence-corrected chi connectivity index (χ2v) is 9.52. The molecule has 0 bridgehead atoms. The first-order valence-corrected chi connectivity index (χ1v) is 11.0. The Kier molecular flexibility index (Phi) is 8.84. The smallest absolute Gasteiger partial charge is 0.297 e. The molecule has 0 aliphatic carbocycles. The maximum Gasteiger partial charge on any atom is 0.297 e. The van der Waals surface area contributed by atoms with E-state index in [1.54, 1.807) is 0 Å². The normalized spacial score (nSPS) is 12.4. The molecule has 5 nitrogen and oxygen atoms in total. The highest BCUT2D eigenvalue weighted by atomic mass is 31.2. The summed E-state index contributed by atoms with van der Waals surface area (Å²) in [5.41, 5.74) is 2.52. The molecule has 0 heterocycles. The van der Waals surface area contributed by atoms with Crippen LogP contribution in [0, 0.1) is 6.92 Å². The highest BCUT2D eigenvalue weighted by molar-refractivity contribution is 7.86. The third-order valence-corrected chi connectivity index (χ3v) is 8.90. The van der Waals surface area contributed by atoms with Crippen LogP contribution in [0.15, 0.2) is 29.4 Å². The first kappa shape index (κ1) is 21.9. The summed E-state index contributed by atoms with van der Waals surface area (Å²) < 4.78 is 7.61. The van der Waals surface area contributed by atoms with Crippen LogP contribution in [0.4, 0.5) is 5.69 Å². The van der Waals surface area contributed by atoms with Crippen molar-refractivity contribution in [3.8, 4) is 0 Å². The lowest BCUT2D eigenvalue weighted by Gasteiger charge is -2.43. The van der Waals surface area contributed by atoms with Crippen LogP contribution in [0.3, 0.4) is 0 Å². The SMILES string of the molecule is CCN(CC)[P+](/C=N/N(C)C)(N(CC)CC)N(C)c1ccc(C)cc1. The Morgan fingerprint density at radius 3 is 1.64 bits per heavy atom. The monoisotopic (exact) mass is 366 g/mol. The molecule has 1 rings (SSSR count). The van der Waals surface area contributed by atoms with E-state index in [-0.39, 0.29) is 0 Å². The van der Waals surface area contributed by atoms with Gasteiger partial charge >= 0.3 is 0 Å². The van der Waals surface area contributed by atoms with Crippen LogP contribution in [0.5, 0.6) is 0 Å². The van der Waals surface area contributed by atoms with Crippen molar-refractivity contribution < 1.29 is 0 Å². The van der Waals surface area contributed by atoms with Gasteiger partial charge in [-0.3, -0.25) is 5.01 Å². The van der Waals surface area contributed by atoms with Gasteiger partial charge in [-0.15, -0.1) is 14.4 Å². The van der Waals surface area contributed by atoms with Crippen molar-refractivity contribution >= 4 is 19.4 Å². The number of aryl methyl sites for hydroxylation is 1. The molecule has 6 heteroatoms. The predicted octanol–water partition coefficient (Wildman–Crippen LogP) is 4.38. The molecular weight excluding hydrogens is 329 g/mol. The highest BCUT2D eigenvalue weighted by Gasteiger charge is 2.53. The molecule has 0 amide bonds. The van der Waals surface area contributed by atoms with Crippen molar-refractivity contribution in [2.75, 3.05) is 52.0 Å². The average Bonchev–Trinajstić information content (AvgIpc) is 2.60. The summed E-state index contributed by atoms with van der Waals surface area (Å²) in [5, 5.41) is 6.62. The fourth-order valence-electron chi connectivity index (χ4n) is 3.16. The largest absolute Gasteiger partial charge is 0.300 e. The number of nitrogens with zero attached hydrogens (tertiary/aromatic N) is 5. The van der Waals surface area contributed by atoms with E-state index in [1.807, 2.05) is 19.1 Å². The van der Waals surface area contributed by atoms with Gasteiger partial charge in [0.25, 0.3) is 7.71 Å². The van der Waals surface area contributed by atoms with Crippen LogP contribution < -0.4 is 4.67 Å². The van der Waals surface area contributed by atoms with E-state index in [0.29, 0.717) is 0 Å². The van der Waals surface area contributed by atoms with Gasteiger partial charge in [-0.25, -0.2) is 4.67 Å². The standard InChI is InChI=1S/C19H37N5P/c1-9-23(10-2)25(17-20-21(6)7,24(11-3)12-4)22(8)19-15-13-18(5)14-16-19/h13-17H,9-12H2,1-8H3/q+1/b20-17+. The number of hydrogen-bond acceptors (Lipinski definition) is 5. The summed E-state index contributed by atoms with van der Waals surface area (Å²) in [7, 11) is 4.26. The van der Waals surface area contributed by atoms with Crippen molar-refractivity contribution in [3.63, 3.8) is 0 Å². The predicted molar refractivity (Wildman–Crippen MR) is 115 cm³/mol. The lowest BCUT2D eigenvalue weighted by atomic mass is 10.2. The molecule has 0 N–H and O–H groups in total. The highest BCUT2D eigenvalue weighted by Crippen LogP contribution is 2.65. The molecule has 0 atom stereocenters. The summed E-state index contributed by atoms with van der Waals surface area (Å²) in [4.78, 5) is 0. The van der Waals surface area contributed by atoms with E-state index < -0.39 is 7.71 Å². The number of anilines is 1. The minimum Gasteiger partial charge on any atom is -0.300 e. The molecule has 0 saturated carbocycles. The van der Waals surface area contributed by atoms with Crippen LogP contribution in [0.25, 0.3) is 0 Å². The quantitative estimate of drug-likeness (QED) is 0.349. The minimum absolute atomic E-state index is 0.996. The van der Waals surface area contributed by atoms with Gasteiger partial charge in [0.1, 0.15) is 0 Å². The number of hydrogen-bond donors (Lipinski definition) is 0. The first-order valence-electron chi connectivity index (χ1n) is 9.30. The molecule has 0 unspecified atom stereocenters. The molecule has 0 aliphatic rings. The number of hydrazone groups is 1. The molecule has 0 radical (unpaired) electrons. The minimum atomic E-state index is -1.93. The molecule has 0 aliphatic heterocycles. The average molecular weight is 367 g/mol. The van der Waals surface area contributed by atoms with E-state index in [0.717, 1.165) is 26.2 Å². The maximum absolute atomic E-state index is 4.73. The van der Waals surface area contributed by atoms with E-state index in [9.17, 15) is 0 Å². The number of benzene rings is 1. The third-order valence-electron chi connectivity index (χ3n) is 4.58. The molecule has 1 aromatic carbocycles. The van der Waals surface area contributed by atoms with Crippen LogP contribution >= 0.6 is 7.71 Å². The van der Waals surface area contributed by atoms with Gasteiger partial charge in [-0.1, -0.05) is 17.7 Å². The second-order valence-electron chi connectivity index (χ2n) is 6.33. The zero-order valence-electron chi connectivity index (χ0n) is 17.4. The molecule has 0 spiro atoms. The summed E-state index contributed by atoms with van der Waals surface area (Å²) >= 11 is 0. The van der Waals surface area contributed by atoms with Gasteiger partial charge < -0.3 is 0 Å². The van der Waals surface area contributed by atoms with Crippen molar-refractivity contribution in [2.24, 2.45) is 5.10 Å². The molecule has 1 aromatic rings. The topological polar surface area (TPSA) is 25.3 Å². The molecular formula is C19H37N5P+. The first-order chi connectivity index (χ1) is 11.9. The van der Waals surface area contributed by atoms with Gasteiger partial charge in [-0.2, -0.15) is 0 Å². The Labute approximate surface area is 155 Å². The summed E-state index contributed by atoms with van der Waals surface area (Å²) in [6, 6.07) is 8.82. The molecule has 25 heavy (non-hydrogen) atoms. The van der Waals surface area contributed by atoms with E-state index in [4.69, 9.17) is 5.10 Å². The van der Waals surface area contributed by atoms with Crippen LogP contribution in [0.1, 0.15) is 33.3 Å². The van der Waals surface area contributed by atoms with Crippen molar-refractivity contribution in [2.45, 2.75) is 34.6 Å². The van der Waals surface area contributed by atoms with E-state index in [2.05, 4.69) is 85.9 Å². The van der Waals surface area contributed by atoms with Crippen LogP contribution in [0.2, 0.25) is 0 Å². The second kappa shape index (κ2) is 10.1. The van der Waals surface area contributed by atoms with Crippen molar-refractivity contribution in [1.82, 2.24) is 14.3 Å². The summed E-state index contributed by atoms with van der Waals surface area (Å²) in [6.45, 7) is 15.1. The zero-order valence-corrected chi connectivity index (χ0v) is 18.3. The Hall–Kier alpha value is -1.16. The third kappa shape index (κ3) is 4.93. The fourth-order valence-corrected chi connectivity index (χ4v) is 7.21. The van der Waals surface area contributed by atoms with Gasteiger partial charge in [-0.05, 0) is 46.8 Å². The van der Waals surface area contributed by atoms with E-state index in [1.165, 1.54) is 11.3 Å². The molecule has 0 saturated heterocycles. The van der Waals surface area contributed by atoms with Gasteiger partial charge in [0.2, 0.25) is 5.96 Å². The van der Waals surface area contributed by atoms with Gasteiger partial charge in [0.15, 0.2) is 0 Å². The molecule has 142 valence electrons. The Balaban J connectivity index is 3.56. The Bertz CT molecular complexity index is 509. The van der Waals surface area contributed by atoms with Crippen LogP contribution in [-0.4, -0.2) is 67.6 Å². The van der Waals surface area contributed by atoms with Crippen molar-refractivity contribution in [1.29, 1.82) is 0 Å². The van der Waals surface area contributed by atoms with Crippen LogP contribution in [-0.2, 0) is 0 Å². The van der Waals surface area contributed by atoms with Gasteiger partial charge in [0.05, 0.1) is 5.69 Å². The lowest BCUT2D eigenvalue weighted by molar-refractivity contribution is 0.409.